The topological polar surface area (TPSA) is 58.6 Å². The number of benzene rings is 1. The molecule has 2 amide bonds. The second-order valence-electron chi connectivity index (χ2n) is 4.83. The van der Waals surface area contributed by atoms with Gasteiger partial charge in [0, 0.05) is 24.7 Å². The lowest BCUT2D eigenvalue weighted by Gasteiger charge is -2.26. The average molecular weight is 294 g/mol. The van der Waals surface area contributed by atoms with Gasteiger partial charge in [0.15, 0.2) is 6.10 Å². The van der Waals surface area contributed by atoms with E-state index in [1.165, 1.54) is 4.90 Å². The number of nitrogens with zero attached hydrogens (tertiary/aromatic N) is 1. The highest BCUT2D eigenvalue weighted by atomic mass is 32.2. The number of rotatable bonds is 3. The van der Waals surface area contributed by atoms with Crippen LogP contribution in [-0.2, 0) is 9.59 Å². The summed E-state index contributed by atoms with van der Waals surface area (Å²) in [6, 6.07) is 7.07. The van der Waals surface area contributed by atoms with Gasteiger partial charge >= 0.3 is 0 Å². The lowest BCUT2D eigenvalue weighted by Crippen LogP contribution is -2.50. The van der Waals surface area contributed by atoms with Crippen LogP contribution in [-0.4, -0.2) is 48.7 Å². The first kappa shape index (κ1) is 14.7. The summed E-state index contributed by atoms with van der Waals surface area (Å²) in [6.07, 6.45) is -0.563. The fourth-order valence-electron chi connectivity index (χ4n) is 1.90. The van der Waals surface area contributed by atoms with Gasteiger partial charge in [-0.2, -0.15) is 0 Å². The molecule has 0 spiro atoms. The van der Waals surface area contributed by atoms with Crippen LogP contribution in [0.15, 0.2) is 29.2 Å². The predicted octanol–water partition coefficient (Wildman–Crippen LogP) is 1.13. The van der Waals surface area contributed by atoms with Crippen molar-refractivity contribution in [3.05, 3.63) is 24.3 Å². The molecule has 1 aliphatic heterocycles. The minimum atomic E-state index is -0.563. The normalized spacial score (nSPS) is 18.4. The number of carbonyl (C=O) groups is 2. The molecule has 0 fully saturated rings. The molecule has 5 nitrogen and oxygen atoms in total. The molecular weight excluding hydrogens is 276 g/mol. The highest BCUT2D eigenvalue weighted by molar-refractivity contribution is 7.99. The predicted molar refractivity (Wildman–Crippen MR) is 77.9 cm³/mol. The SMILES string of the molecule is CC(NC(=O)C1CSc2ccccc2O1)C(=O)N(C)C. The third-order valence-electron chi connectivity index (χ3n) is 2.97. The van der Waals surface area contributed by atoms with Crippen molar-refractivity contribution in [2.75, 3.05) is 19.8 Å². The van der Waals surface area contributed by atoms with Crippen molar-refractivity contribution in [1.29, 1.82) is 0 Å². The van der Waals surface area contributed by atoms with Crippen LogP contribution in [0.2, 0.25) is 0 Å². The number of ether oxygens (including phenoxy) is 1. The molecule has 108 valence electrons. The first-order valence-electron chi connectivity index (χ1n) is 6.39. The number of amides is 2. The Morgan fingerprint density at radius 3 is 2.80 bits per heavy atom. The Kier molecular flexibility index (Phi) is 4.54. The number of para-hydroxylation sites is 1. The minimum Gasteiger partial charge on any atom is -0.479 e. The molecule has 2 unspecified atom stereocenters. The Morgan fingerprint density at radius 1 is 1.40 bits per heavy atom. The zero-order valence-electron chi connectivity index (χ0n) is 11.8. The maximum atomic E-state index is 12.1. The average Bonchev–Trinajstić information content (AvgIpc) is 2.45. The molecule has 2 atom stereocenters. The van der Waals surface area contributed by atoms with Crippen molar-refractivity contribution in [2.24, 2.45) is 0 Å². The number of nitrogens with one attached hydrogen (secondary N) is 1. The van der Waals surface area contributed by atoms with Crippen LogP contribution < -0.4 is 10.1 Å². The van der Waals surface area contributed by atoms with Gasteiger partial charge in [0.25, 0.3) is 5.91 Å². The van der Waals surface area contributed by atoms with E-state index in [0.29, 0.717) is 5.75 Å². The molecule has 0 radical (unpaired) electrons. The molecule has 0 saturated carbocycles. The molecular formula is C14H18N2O3S. The number of hydrogen-bond donors (Lipinski definition) is 1. The molecule has 20 heavy (non-hydrogen) atoms. The Balaban J connectivity index is 1.97. The zero-order valence-corrected chi connectivity index (χ0v) is 12.6. The summed E-state index contributed by atoms with van der Waals surface area (Å²) in [6.45, 7) is 1.67. The lowest BCUT2D eigenvalue weighted by atomic mass is 10.2. The monoisotopic (exact) mass is 294 g/mol. The van der Waals surface area contributed by atoms with E-state index in [2.05, 4.69) is 5.32 Å². The summed E-state index contributed by atoms with van der Waals surface area (Å²) in [7, 11) is 3.32. The van der Waals surface area contributed by atoms with Gasteiger partial charge in [-0.05, 0) is 19.1 Å². The summed E-state index contributed by atoms with van der Waals surface area (Å²) in [4.78, 5) is 26.3. The van der Waals surface area contributed by atoms with E-state index in [9.17, 15) is 9.59 Å². The Bertz CT molecular complexity index is 519. The second-order valence-corrected chi connectivity index (χ2v) is 5.89. The van der Waals surface area contributed by atoms with Gasteiger partial charge in [0.1, 0.15) is 11.8 Å². The van der Waals surface area contributed by atoms with Crippen molar-refractivity contribution >= 4 is 23.6 Å². The summed E-state index contributed by atoms with van der Waals surface area (Å²) in [5.41, 5.74) is 0. The van der Waals surface area contributed by atoms with Crippen molar-refractivity contribution in [3.63, 3.8) is 0 Å². The molecule has 0 aliphatic carbocycles. The molecule has 1 aliphatic rings. The summed E-state index contributed by atoms with van der Waals surface area (Å²) < 4.78 is 5.68. The van der Waals surface area contributed by atoms with Gasteiger partial charge in [-0.3, -0.25) is 9.59 Å². The highest BCUT2D eigenvalue weighted by Crippen LogP contribution is 2.34. The molecule has 0 saturated heterocycles. The molecule has 6 heteroatoms. The van der Waals surface area contributed by atoms with E-state index in [1.807, 2.05) is 24.3 Å². The summed E-state index contributed by atoms with van der Waals surface area (Å²) in [5, 5.41) is 2.69. The smallest absolute Gasteiger partial charge is 0.262 e. The zero-order chi connectivity index (χ0) is 14.7. The molecule has 0 bridgehead atoms. The first-order valence-corrected chi connectivity index (χ1v) is 7.37. The quantitative estimate of drug-likeness (QED) is 0.908. The van der Waals surface area contributed by atoms with Gasteiger partial charge in [-0.1, -0.05) is 12.1 Å². The fourth-order valence-corrected chi connectivity index (χ4v) is 2.89. The summed E-state index contributed by atoms with van der Waals surface area (Å²) in [5.74, 6) is 0.874. The minimum absolute atomic E-state index is 0.137. The van der Waals surface area contributed by atoms with E-state index in [1.54, 1.807) is 32.8 Å². The molecule has 0 aromatic heterocycles. The Hall–Kier alpha value is -1.69. The molecule has 1 heterocycles. The van der Waals surface area contributed by atoms with Crippen LogP contribution >= 0.6 is 11.8 Å². The Labute approximate surface area is 122 Å². The van der Waals surface area contributed by atoms with E-state index < -0.39 is 12.1 Å². The van der Waals surface area contributed by atoms with E-state index >= 15 is 0 Å². The van der Waals surface area contributed by atoms with Gasteiger partial charge in [0.2, 0.25) is 5.91 Å². The van der Waals surface area contributed by atoms with Crippen LogP contribution in [0.1, 0.15) is 6.92 Å². The maximum Gasteiger partial charge on any atom is 0.262 e. The van der Waals surface area contributed by atoms with Crippen LogP contribution in [0.5, 0.6) is 5.75 Å². The molecule has 2 rings (SSSR count). The largest absolute Gasteiger partial charge is 0.479 e. The van der Waals surface area contributed by atoms with Gasteiger partial charge in [0.05, 0.1) is 0 Å². The van der Waals surface area contributed by atoms with Crippen LogP contribution in [0.4, 0.5) is 0 Å². The van der Waals surface area contributed by atoms with E-state index in [4.69, 9.17) is 4.74 Å². The Morgan fingerprint density at radius 2 is 2.10 bits per heavy atom. The fraction of sp³-hybridized carbons (Fsp3) is 0.429. The molecule has 1 N–H and O–H groups in total. The van der Waals surface area contributed by atoms with Gasteiger partial charge in [-0.15, -0.1) is 11.8 Å². The van der Waals surface area contributed by atoms with Crippen molar-refractivity contribution in [1.82, 2.24) is 10.2 Å². The van der Waals surface area contributed by atoms with Crippen LogP contribution in [0.3, 0.4) is 0 Å². The third kappa shape index (κ3) is 3.25. The first-order chi connectivity index (χ1) is 9.49. The number of hydrogen-bond acceptors (Lipinski definition) is 4. The van der Waals surface area contributed by atoms with Crippen molar-refractivity contribution in [3.8, 4) is 5.75 Å². The van der Waals surface area contributed by atoms with E-state index in [-0.39, 0.29) is 11.8 Å². The number of thioether (sulfide) groups is 1. The van der Waals surface area contributed by atoms with Crippen molar-refractivity contribution < 1.29 is 14.3 Å². The van der Waals surface area contributed by atoms with Gasteiger partial charge in [-0.25, -0.2) is 0 Å². The standard InChI is InChI=1S/C14H18N2O3S/c1-9(14(18)16(2)3)15-13(17)11-8-20-12-7-5-4-6-10(12)19-11/h4-7,9,11H,8H2,1-3H3,(H,15,17). The molecule has 1 aromatic carbocycles. The lowest BCUT2D eigenvalue weighted by molar-refractivity contribution is -0.136. The van der Waals surface area contributed by atoms with Gasteiger partial charge < -0.3 is 15.0 Å². The van der Waals surface area contributed by atoms with Crippen LogP contribution in [0, 0.1) is 0 Å². The van der Waals surface area contributed by atoms with Crippen molar-refractivity contribution in [2.45, 2.75) is 24.0 Å². The van der Waals surface area contributed by atoms with E-state index in [0.717, 1.165) is 10.6 Å². The number of fused-ring (bicyclic) bond motifs is 1. The second kappa shape index (κ2) is 6.17. The highest BCUT2D eigenvalue weighted by Gasteiger charge is 2.28. The van der Waals surface area contributed by atoms with Crippen LogP contribution in [0.25, 0.3) is 0 Å². The summed E-state index contributed by atoms with van der Waals surface area (Å²) >= 11 is 1.59. The maximum absolute atomic E-state index is 12.1. The molecule has 1 aromatic rings. The third-order valence-corrected chi connectivity index (χ3v) is 4.09. The number of carbonyl (C=O) groups excluding carboxylic acids is 2. The number of likely N-dealkylation sites (N-methyl/N-ethyl adjacent to an activating group) is 1.